The van der Waals surface area contributed by atoms with Gasteiger partial charge in [0.1, 0.15) is 24.6 Å². The van der Waals surface area contributed by atoms with Crippen LogP contribution in [0.25, 0.3) is 0 Å². The number of carbonyl (C=O) groups is 1. The normalized spacial score (nSPS) is 20.5. The lowest BCUT2D eigenvalue weighted by Crippen LogP contribution is -2.69. The third-order valence-electron chi connectivity index (χ3n) is 6.80. The fourth-order valence-corrected chi connectivity index (χ4v) is 9.82. The predicted octanol–water partition coefficient (Wildman–Crippen LogP) is 4.87. The number of hydrogen-bond acceptors (Lipinski definition) is 5. The van der Waals surface area contributed by atoms with Gasteiger partial charge < -0.3 is 23.4 Å². The van der Waals surface area contributed by atoms with Gasteiger partial charge in [-0.3, -0.25) is 0 Å². The number of benzene rings is 3. The smallest absolute Gasteiger partial charge is 0.262 e. The molecule has 6 heteroatoms. The van der Waals surface area contributed by atoms with E-state index in [1.807, 2.05) is 80.6 Å². The van der Waals surface area contributed by atoms with E-state index in [1.54, 1.807) is 0 Å². The molecule has 0 radical (unpaired) electrons. The lowest BCUT2D eigenvalue weighted by atomic mass is 10.1. The molecule has 0 unspecified atom stereocenters. The fraction of sp³-hybridized carbons (Fsp3) is 0.387. The van der Waals surface area contributed by atoms with Crippen molar-refractivity contribution in [1.29, 1.82) is 0 Å². The first-order valence-electron chi connectivity index (χ1n) is 12.9. The van der Waals surface area contributed by atoms with Crippen LogP contribution in [0.3, 0.4) is 0 Å². The highest BCUT2D eigenvalue weighted by Gasteiger charge is 2.55. The van der Waals surface area contributed by atoms with Crippen molar-refractivity contribution >= 4 is 25.0 Å². The molecule has 3 aromatic rings. The van der Waals surface area contributed by atoms with Crippen LogP contribution in [0.5, 0.6) is 0 Å². The molecule has 0 amide bonds. The van der Waals surface area contributed by atoms with Crippen LogP contribution in [0, 0.1) is 0 Å². The molecule has 1 saturated heterocycles. The maximum absolute atomic E-state index is 12.7. The van der Waals surface area contributed by atoms with Crippen molar-refractivity contribution < 1.29 is 23.4 Å². The van der Waals surface area contributed by atoms with E-state index >= 15 is 0 Å². The van der Waals surface area contributed by atoms with Gasteiger partial charge >= 0.3 is 0 Å². The molecule has 0 aromatic heterocycles. The lowest BCUT2D eigenvalue weighted by Gasteiger charge is -2.45. The van der Waals surface area contributed by atoms with Crippen LogP contribution in [0.1, 0.15) is 40.2 Å². The van der Waals surface area contributed by atoms with Gasteiger partial charge in [-0.25, -0.2) is 0 Å². The molecule has 37 heavy (non-hydrogen) atoms. The monoisotopic (exact) mass is 518 g/mol. The van der Waals surface area contributed by atoms with Gasteiger partial charge in [0, 0.05) is 0 Å². The summed E-state index contributed by atoms with van der Waals surface area (Å²) in [5.41, 5.74) is 1.08. The maximum atomic E-state index is 12.7. The second kappa shape index (κ2) is 11.4. The molecule has 0 aliphatic carbocycles. The van der Waals surface area contributed by atoms with Crippen molar-refractivity contribution in [3.05, 3.63) is 96.6 Å². The second-order valence-electron chi connectivity index (χ2n) is 11.0. The molecule has 4 rings (SSSR count). The van der Waals surface area contributed by atoms with Crippen molar-refractivity contribution in [2.75, 3.05) is 6.61 Å². The Hall–Kier alpha value is -2.61. The average Bonchev–Trinajstić information content (AvgIpc) is 3.20. The Labute approximate surface area is 221 Å². The highest BCUT2D eigenvalue weighted by Crippen LogP contribution is 2.39. The molecule has 1 aliphatic heterocycles. The Kier molecular flexibility index (Phi) is 8.46. The first-order valence-corrected chi connectivity index (χ1v) is 14.8. The van der Waals surface area contributed by atoms with Crippen molar-refractivity contribution in [2.24, 2.45) is 0 Å². The molecular weight excluding hydrogens is 480 g/mol. The summed E-state index contributed by atoms with van der Waals surface area (Å²) in [4.78, 5) is 12.7. The molecule has 0 N–H and O–H groups in total. The van der Waals surface area contributed by atoms with E-state index < -0.39 is 32.4 Å². The first-order chi connectivity index (χ1) is 17.7. The van der Waals surface area contributed by atoms with Gasteiger partial charge in [0.15, 0.2) is 5.79 Å². The van der Waals surface area contributed by atoms with Crippen molar-refractivity contribution in [3.8, 4) is 0 Å². The lowest BCUT2D eigenvalue weighted by molar-refractivity contribution is -0.158. The van der Waals surface area contributed by atoms with Gasteiger partial charge in [-0.05, 0) is 34.8 Å². The van der Waals surface area contributed by atoms with E-state index in [9.17, 15) is 4.79 Å². The van der Waals surface area contributed by atoms with E-state index in [0.29, 0.717) is 6.61 Å². The zero-order valence-corrected chi connectivity index (χ0v) is 23.4. The van der Waals surface area contributed by atoms with Gasteiger partial charge in [-0.2, -0.15) is 0 Å². The minimum atomic E-state index is -2.97. The minimum absolute atomic E-state index is 0.273. The Balaban J connectivity index is 1.67. The number of hydrogen-bond donors (Lipinski definition) is 0. The van der Waals surface area contributed by atoms with E-state index in [0.717, 1.165) is 22.2 Å². The van der Waals surface area contributed by atoms with Gasteiger partial charge in [0.25, 0.3) is 8.32 Å². The summed E-state index contributed by atoms with van der Waals surface area (Å²) in [6.07, 6.45) is -1.02. The summed E-state index contributed by atoms with van der Waals surface area (Å²) >= 11 is 0. The molecule has 3 atom stereocenters. The average molecular weight is 519 g/mol. The Morgan fingerprint density at radius 3 is 1.86 bits per heavy atom. The third-order valence-corrected chi connectivity index (χ3v) is 11.8. The zero-order chi connectivity index (χ0) is 26.5. The van der Waals surface area contributed by atoms with Crippen molar-refractivity contribution in [3.63, 3.8) is 0 Å². The Morgan fingerprint density at radius 2 is 1.38 bits per heavy atom. The van der Waals surface area contributed by atoms with E-state index in [1.165, 1.54) is 0 Å². The molecule has 1 fully saturated rings. The fourth-order valence-electron chi connectivity index (χ4n) is 5.21. The Morgan fingerprint density at radius 1 is 0.865 bits per heavy atom. The first kappa shape index (κ1) is 27.4. The largest absolute Gasteiger partial charge is 0.395 e. The van der Waals surface area contributed by atoms with E-state index in [-0.39, 0.29) is 11.6 Å². The van der Waals surface area contributed by atoms with Crippen LogP contribution in [0.15, 0.2) is 91.0 Å². The van der Waals surface area contributed by atoms with Crippen LogP contribution < -0.4 is 10.4 Å². The topological polar surface area (TPSA) is 54.0 Å². The summed E-state index contributed by atoms with van der Waals surface area (Å²) in [7, 11) is -2.97. The van der Waals surface area contributed by atoms with Gasteiger partial charge in [-0.15, -0.1) is 0 Å². The van der Waals surface area contributed by atoms with Gasteiger partial charge in [0.2, 0.25) is 0 Å². The van der Waals surface area contributed by atoms with E-state index in [2.05, 4.69) is 45.0 Å². The third kappa shape index (κ3) is 6.11. The van der Waals surface area contributed by atoms with Gasteiger partial charge in [0.05, 0.1) is 13.2 Å². The number of ether oxygens (including phenoxy) is 3. The van der Waals surface area contributed by atoms with Gasteiger partial charge in [-0.1, -0.05) is 112 Å². The number of aldehydes is 1. The maximum Gasteiger partial charge on any atom is 0.262 e. The van der Waals surface area contributed by atoms with Crippen LogP contribution in [0.2, 0.25) is 5.04 Å². The summed E-state index contributed by atoms with van der Waals surface area (Å²) in [6.45, 7) is 11.0. The van der Waals surface area contributed by atoms with E-state index in [4.69, 9.17) is 18.6 Å². The highest BCUT2D eigenvalue weighted by molar-refractivity contribution is 6.99. The molecule has 0 saturated carbocycles. The molecule has 3 aromatic carbocycles. The minimum Gasteiger partial charge on any atom is -0.395 e. The van der Waals surface area contributed by atoms with Crippen LogP contribution >= 0.6 is 0 Å². The van der Waals surface area contributed by atoms with Crippen molar-refractivity contribution in [2.45, 2.75) is 70.4 Å². The predicted molar refractivity (Wildman–Crippen MR) is 148 cm³/mol. The second-order valence-corrected chi connectivity index (χ2v) is 15.3. The SMILES string of the molecule is CC1(C)O[C@H]([C@@H](C=O)O[Si](c2ccccc2)(c2ccccc2)C(C)(C)C)[C@H](COCc2ccccc2)O1. The summed E-state index contributed by atoms with van der Waals surface area (Å²) in [6, 6.07) is 30.6. The molecule has 1 heterocycles. The van der Waals surface area contributed by atoms with Crippen LogP contribution in [0.4, 0.5) is 0 Å². The van der Waals surface area contributed by atoms with Crippen LogP contribution in [-0.4, -0.2) is 45.3 Å². The molecule has 196 valence electrons. The molecule has 0 bridgehead atoms. The standard InChI is InChI=1S/C31H38O5Si/c1-30(2,3)37(25-17-11-7-12-18-25,26-19-13-8-14-20-26)36-27(21-32)29-28(34-31(4,5)35-29)23-33-22-24-15-9-6-10-16-24/h6-21,27-29H,22-23H2,1-5H3/t27-,28+,29-/m1/s1. The summed E-state index contributed by atoms with van der Waals surface area (Å²) in [5.74, 6) is -0.860. The summed E-state index contributed by atoms with van der Waals surface area (Å²) < 4.78 is 25.7. The quantitative estimate of drug-likeness (QED) is 0.283. The highest BCUT2D eigenvalue weighted by atomic mass is 28.4. The Bertz CT molecular complexity index is 1090. The molecular formula is C31H38O5Si. The molecule has 1 aliphatic rings. The van der Waals surface area contributed by atoms with Crippen LogP contribution in [-0.2, 0) is 30.0 Å². The zero-order valence-electron chi connectivity index (χ0n) is 22.4. The molecule has 0 spiro atoms. The summed E-state index contributed by atoms with van der Waals surface area (Å²) in [5, 5.41) is 1.94. The van der Waals surface area contributed by atoms with Crippen molar-refractivity contribution in [1.82, 2.24) is 0 Å². The molecule has 5 nitrogen and oxygen atoms in total. The number of carbonyl (C=O) groups excluding carboxylic acids is 1. The number of rotatable bonds is 10.